The van der Waals surface area contributed by atoms with Gasteiger partial charge in [0.05, 0.1) is 12.1 Å². The third-order valence-electron chi connectivity index (χ3n) is 5.29. The molecule has 6 nitrogen and oxygen atoms in total. The van der Waals surface area contributed by atoms with Crippen LogP contribution in [0.1, 0.15) is 15.9 Å². The fourth-order valence-electron chi connectivity index (χ4n) is 3.78. The first kappa shape index (κ1) is 18.7. The Morgan fingerprint density at radius 1 is 0.871 bits per heavy atom. The highest BCUT2D eigenvalue weighted by Crippen LogP contribution is 2.39. The second-order valence-electron chi connectivity index (χ2n) is 7.15. The molecule has 0 saturated carbocycles. The van der Waals surface area contributed by atoms with Crippen molar-refractivity contribution in [1.29, 1.82) is 0 Å². The normalized spacial score (nSPS) is 11.5. The number of fused-ring (bicyclic) bond motifs is 2. The summed E-state index contributed by atoms with van der Waals surface area (Å²) >= 11 is 0. The highest BCUT2D eigenvalue weighted by Gasteiger charge is 2.18. The fourth-order valence-corrected chi connectivity index (χ4v) is 3.78. The highest BCUT2D eigenvalue weighted by atomic mass is 16.3. The Hall–Kier alpha value is -4.32. The lowest BCUT2D eigenvalue weighted by Crippen LogP contribution is -1.99. The molecular formula is C25H18N4O2. The smallest absolute Gasteiger partial charge is 0.295 e. The number of nitrogens with zero attached hydrogens (tertiary/aromatic N) is 4. The molecular weight excluding hydrogens is 388 g/mol. The van der Waals surface area contributed by atoms with Crippen LogP contribution in [0.5, 0.6) is 5.88 Å². The van der Waals surface area contributed by atoms with Crippen LogP contribution in [0.2, 0.25) is 0 Å². The molecule has 0 aliphatic carbocycles. The number of aromatic nitrogens is 2. The minimum Gasteiger partial charge on any atom is -0.493 e. The van der Waals surface area contributed by atoms with Crippen molar-refractivity contribution >= 4 is 33.3 Å². The van der Waals surface area contributed by atoms with Gasteiger partial charge in [-0.2, -0.15) is 0 Å². The molecule has 31 heavy (non-hydrogen) atoms. The van der Waals surface area contributed by atoms with Gasteiger partial charge >= 0.3 is 0 Å². The van der Waals surface area contributed by atoms with E-state index in [2.05, 4.69) is 33.4 Å². The van der Waals surface area contributed by atoms with E-state index >= 15 is 0 Å². The molecule has 0 aliphatic heterocycles. The number of carbonyl (C=O) groups excluding carboxylic acids is 1. The van der Waals surface area contributed by atoms with Gasteiger partial charge in [-0.25, -0.2) is 0 Å². The van der Waals surface area contributed by atoms with Crippen LogP contribution in [-0.4, -0.2) is 20.6 Å². The van der Waals surface area contributed by atoms with Crippen LogP contribution in [-0.2, 0) is 6.54 Å². The molecule has 1 N–H and O–H groups in total. The average Bonchev–Trinajstić information content (AvgIpc) is 3.09. The molecule has 0 aliphatic rings. The molecule has 5 aromatic rings. The SMILES string of the molecule is O=C(N=Nc1c(O)n(Cc2cccc3ccccc23)c2ccccc12)c1ccncc1. The quantitative estimate of drug-likeness (QED) is 0.379. The predicted molar refractivity (Wildman–Crippen MR) is 120 cm³/mol. The number of hydrogen-bond acceptors (Lipinski definition) is 4. The van der Waals surface area contributed by atoms with Crippen molar-refractivity contribution in [1.82, 2.24) is 9.55 Å². The first-order valence-electron chi connectivity index (χ1n) is 9.85. The van der Waals surface area contributed by atoms with Crippen molar-refractivity contribution in [3.8, 4) is 5.88 Å². The molecule has 0 fully saturated rings. The minimum atomic E-state index is -0.493. The van der Waals surface area contributed by atoms with Crippen LogP contribution < -0.4 is 0 Å². The van der Waals surface area contributed by atoms with Crippen LogP contribution in [0.25, 0.3) is 21.7 Å². The molecule has 3 aromatic carbocycles. The number of aromatic hydroxyl groups is 1. The third-order valence-corrected chi connectivity index (χ3v) is 5.29. The first-order valence-corrected chi connectivity index (χ1v) is 9.85. The van der Waals surface area contributed by atoms with Gasteiger partial charge in [0, 0.05) is 23.3 Å². The molecule has 2 aromatic heterocycles. The van der Waals surface area contributed by atoms with Crippen LogP contribution in [0.15, 0.2) is 101 Å². The molecule has 0 atom stereocenters. The second kappa shape index (κ2) is 7.84. The summed E-state index contributed by atoms with van der Waals surface area (Å²) in [6.07, 6.45) is 3.05. The van der Waals surface area contributed by atoms with E-state index in [1.165, 1.54) is 12.4 Å². The Labute approximate surface area is 178 Å². The van der Waals surface area contributed by atoms with Crippen molar-refractivity contribution in [2.75, 3.05) is 0 Å². The number of benzene rings is 3. The molecule has 2 heterocycles. The van der Waals surface area contributed by atoms with Gasteiger partial charge in [-0.05, 0) is 34.5 Å². The molecule has 0 spiro atoms. The number of rotatable bonds is 4. The second-order valence-corrected chi connectivity index (χ2v) is 7.15. The third kappa shape index (κ3) is 3.44. The van der Waals surface area contributed by atoms with Gasteiger partial charge in [-0.1, -0.05) is 60.7 Å². The summed E-state index contributed by atoms with van der Waals surface area (Å²) in [5, 5.41) is 22.0. The lowest BCUT2D eigenvalue weighted by Gasteiger charge is -2.10. The fraction of sp³-hybridized carbons (Fsp3) is 0.0400. The number of pyridine rings is 1. The van der Waals surface area contributed by atoms with Gasteiger partial charge < -0.3 is 9.67 Å². The van der Waals surface area contributed by atoms with E-state index in [1.54, 1.807) is 16.7 Å². The summed E-state index contributed by atoms with van der Waals surface area (Å²) in [7, 11) is 0. The Balaban J connectivity index is 1.58. The van der Waals surface area contributed by atoms with Crippen LogP contribution in [0.4, 0.5) is 5.69 Å². The van der Waals surface area contributed by atoms with E-state index in [-0.39, 0.29) is 11.6 Å². The molecule has 0 unspecified atom stereocenters. The van der Waals surface area contributed by atoms with Gasteiger partial charge in [0.1, 0.15) is 0 Å². The van der Waals surface area contributed by atoms with E-state index in [0.29, 0.717) is 12.1 Å². The molecule has 0 bridgehead atoms. The van der Waals surface area contributed by atoms with E-state index in [1.807, 2.05) is 48.5 Å². The zero-order valence-electron chi connectivity index (χ0n) is 16.5. The molecule has 1 amide bonds. The van der Waals surface area contributed by atoms with Gasteiger partial charge in [-0.3, -0.25) is 9.78 Å². The summed E-state index contributed by atoms with van der Waals surface area (Å²) < 4.78 is 1.79. The van der Waals surface area contributed by atoms with Crippen molar-refractivity contribution in [2.45, 2.75) is 6.54 Å². The Morgan fingerprint density at radius 2 is 1.58 bits per heavy atom. The van der Waals surface area contributed by atoms with E-state index in [4.69, 9.17) is 0 Å². The molecule has 5 rings (SSSR count). The first-order chi connectivity index (χ1) is 15.2. The number of para-hydroxylation sites is 1. The van der Waals surface area contributed by atoms with Crippen molar-refractivity contribution < 1.29 is 9.90 Å². The number of hydrogen-bond donors (Lipinski definition) is 1. The lowest BCUT2D eigenvalue weighted by molar-refractivity contribution is 0.0995. The Morgan fingerprint density at radius 3 is 2.42 bits per heavy atom. The summed E-state index contributed by atoms with van der Waals surface area (Å²) in [6, 6.07) is 25.0. The van der Waals surface area contributed by atoms with Crippen LogP contribution in [0.3, 0.4) is 0 Å². The number of carbonyl (C=O) groups is 1. The predicted octanol–water partition coefficient (Wildman–Crippen LogP) is 5.87. The number of azo groups is 1. The van der Waals surface area contributed by atoms with Gasteiger partial charge in [0.15, 0.2) is 5.69 Å². The topological polar surface area (TPSA) is 79.8 Å². The highest BCUT2D eigenvalue weighted by molar-refractivity contribution is 5.97. The van der Waals surface area contributed by atoms with Crippen LogP contribution >= 0.6 is 0 Å². The zero-order valence-corrected chi connectivity index (χ0v) is 16.5. The maximum Gasteiger partial charge on any atom is 0.295 e. The molecule has 150 valence electrons. The lowest BCUT2D eigenvalue weighted by atomic mass is 10.0. The van der Waals surface area contributed by atoms with E-state index in [0.717, 1.165) is 27.2 Å². The van der Waals surface area contributed by atoms with Crippen molar-refractivity contribution in [3.63, 3.8) is 0 Å². The summed E-state index contributed by atoms with van der Waals surface area (Å²) in [5.41, 5.74) is 2.56. The Kier molecular flexibility index (Phi) is 4.72. The van der Waals surface area contributed by atoms with E-state index in [9.17, 15) is 9.90 Å². The zero-order chi connectivity index (χ0) is 21.2. The van der Waals surface area contributed by atoms with E-state index < -0.39 is 5.91 Å². The summed E-state index contributed by atoms with van der Waals surface area (Å²) in [4.78, 5) is 16.2. The summed E-state index contributed by atoms with van der Waals surface area (Å²) in [5.74, 6) is -0.520. The average molecular weight is 406 g/mol. The maximum atomic E-state index is 12.3. The van der Waals surface area contributed by atoms with Crippen molar-refractivity contribution in [2.24, 2.45) is 10.2 Å². The van der Waals surface area contributed by atoms with Crippen LogP contribution in [0, 0.1) is 0 Å². The summed E-state index contributed by atoms with van der Waals surface area (Å²) in [6.45, 7) is 0.460. The van der Waals surface area contributed by atoms with Gasteiger partial charge in [0.25, 0.3) is 5.91 Å². The maximum absolute atomic E-state index is 12.3. The number of amides is 1. The van der Waals surface area contributed by atoms with Gasteiger partial charge in [0.2, 0.25) is 5.88 Å². The van der Waals surface area contributed by atoms with Crippen molar-refractivity contribution in [3.05, 3.63) is 102 Å². The minimum absolute atomic E-state index is 0.0274. The van der Waals surface area contributed by atoms with Gasteiger partial charge in [-0.15, -0.1) is 10.2 Å². The monoisotopic (exact) mass is 406 g/mol. The largest absolute Gasteiger partial charge is 0.493 e. The Bertz CT molecular complexity index is 1430. The standard InChI is InChI=1S/C25H18N4O2/c30-24(18-12-14-26-15-13-18)28-27-23-21-10-3-4-11-22(21)29(25(23)31)16-19-8-5-7-17-6-1-2-9-20(17)19/h1-15,31H,16H2. The molecule has 0 radical (unpaired) electrons. The molecule has 6 heteroatoms. The molecule has 0 saturated heterocycles.